The van der Waals surface area contributed by atoms with E-state index in [2.05, 4.69) is 24.9 Å². The highest BCUT2D eigenvalue weighted by atomic mass is 19.4. The number of rotatable bonds is 2. The third-order valence-electron chi connectivity index (χ3n) is 5.40. The molecule has 4 rings (SSSR count). The van der Waals surface area contributed by atoms with Gasteiger partial charge in [-0.3, -0.25) is 4.90 Å². The number of anilines is 1. The first-order valence-electron chi connectivity index (χ1n) is 9.22. The molecule has 0 spiro atoms. The lowest BCUT2D eigenvalue weighted by molar-refractivity contribution is -0.144. The standard InChI is InChI=1S/C17H23F3N6/c1-12-11-14(26-16(21-12)22-15(23-26)17(18,19)20)25-9-7-24(8-10-25)13-5-3-2-4-6-13/h11,13H,2-10H2,1H3. The second-order valence-electron chi connectivity index (χ2n) is 7.22. The van der Waals surface area contributed by atoms with Crippen LogP contribution in [0.25, 0.3) is 5.78 Å². The van der Waals surface area contributed by atoms with Crippen LogP contribution in [0.4, 0.5) is 19.0 Å². The highest BCUT2D eigenvalue weighted by molar-refractivity contribution is 5.48. The molecule has 3 heterocycles. The Bertz CT molecular complexity index is 773. The number of aryl methyl sites for hydroxylation is 1. The number of halogens is 3. The van der Waals surface area contributed by atoms with E-state index in [9.17, 15) is 13.2 Å². The molecule has 2 aromatic heterocycles. The maximum absolute atomic E-state index is 13.0. The van der Waals surface area contributed by atoms with E-state index in [1.807, 2.05) is 0 Å². The van der Waals surface area contributed by atoms with Crippen molar-refractivity contribution in [3.63, 3.8) is 0 Å². The number of hydrogen-bond donors (Lipinski definition) is 0. The maximum atomic E-state index is 13.0. The highest BCUT2D eigenvalue weighted by Crippen LogP contribution is 2.29. The Balaban J connectivity index is 1.56. The lowest BCUT2D eigenvalue weighted by atomic mass is 9.94. The molecule has 0 aromatic carbocycles. The van der Waals surface area contributed by atoms with Crippen molar-refractivity contribution in [1.29, 1.82) is 0 Å². The average Bonchev–Trinajstić information content (AvgIpc) is 3.06. The van der Waals surface area contributed by atoms with E-state index in [0.29, 0.717) is 17.6 Å². The molecular formula is C17H23F3N6. The molecule has 26 heavy (non-hydrogen) atoms. The van der Waals surface area contributed by atoms with Gasteiger partial charge in [-0.25, -0.2) is 4.98 Å². The van der Waals surface area contributed by atoms with Crippen LogP contribution >= 0.6 is 0 Å². The third-order valence-corrected chi connectivity index (χ3v) is 5.40. The van der Waals surface area contributed by atoms with Crippen LogP contribution in [0.3, 0.4) is 0 Å². The van der Waals surface area contributed by atoms with Gasteiger partial charge in [-0.05, 0) is 19.8 Å². The first-order chi connectivity index (χ1) is 12.4. The number of piperazine rings is 1. The summed E-state index contributed by atoms with van der Waals surface area (Å²) in [5.41, 5.74) is 0.642. The van der Waals surface area contributed by atoms with Gasteiger partial charge in [0.1, 0.15) is 5.82 Å². The first kappa shape index (κ1) is 17.5. The minimum atomic E-state index is -4.57. The fraction of sp³-hybridized carbons (Fsp3) is 0.706. The fourth-order valence-corrected chi connectivity index (χ4v) is 4.08. The quantitative estimate of drug-likeness (QED) is 0.816. The molecule has 9 heteroatoms. The molecule has 6 nitrogen and oxygen atoms in total. The van der Waals surface area contributed by atoms with Crippen LogP contribution in [-0.4, -0.2) is 56.7 Å². The van der Waals surface area contributed by atoms with Crippen molar-refractivity contribution in [3.05, 3.63) is 17.6 Å². The molecule has 142 valence electrons. The van der Waals surface area contributed by atoms with Gasteiger partial charge in [0.05, 0.1) is 0 Å². The Kier molecular flexibility index (Phi) is 4.50. The van der Waals surface area contributed by atoms with Crippen LogP contribution in [0.15, 0.2) is 6.07 Å². The van der Waals surface area contributed by atoms with Gasteiger partial charge >= 0.3 is 6.18 Å². The van der Waals surface area contributed by atoms with E-state index < -0.39 is 12.0 Å². The summed E-state index contributed by atoms with van der Waals surface area (Å²) in [5, 5.41) is 3.67. The fourth-order valence-electron chi connectivity index (χ4n) is 4.08. The van der Waals surface area contributed by atoms with Crippen LogP contribution in [0, 0.1) is 6.92 Å². The van der Waals surface area contributed by atoms with E-state index in [-0.39, 0.29) is 5.78 Å². The van der Waals surface area contributed by atoms with Gasteiger partial charge in [-0.15, -0.1) is 5.10 Å². The Morgan fingerprint density at radius 3 is 2.35 bits per heavy atom. The molecule has 2 aliphatic rings. The maximum Gasteiger partial charge on any atom is 0.453 e. The first-order valence-corrected chi connectivity index (χ1v) is 9.22. The van der Waals surface area contributed by atoms with Gasteiger partial charge in [0.15, 0.2) is 0 Å². The van der Waals surface area contributed by atoms with Crippen LogP contribution < -0.4 is 4.90 Å². The van der Waals surface area contributed by atoms with Crippen LogP contribution in [0.2, 0.25) is 0 Å². The van der Waals surface area contributed by atoms with Crippen molar-refractivity contribution >= 4 is 11.6 Å². The van der Waals surface area contributed by atoms with Crippen LogP contribution in [-0.2, 0) is 6.18 Å². The summed E-state index contributed by atoms with van der Waals surface area (Å²) in [6, 6.07) is 2.45. The predicted molar refractivity (Wildman–Crippen MR) is 91.2 cm³/mol. The minimum Gasteiger partial charge on any atom is -0.354 e. The second kappa shape index (κ2) is 6.68. The zero-order valence-corrected chi connectivity index (χ0v) is 14.8. The van der Waals surface area contributed by atoms with E-state index in [1.165, 1.54) is 36.6 Å². The molecule has 0 unspecified atom stereocenters. The SMILES string of the molecule is Cc1cc(N2CCN(C3CCCCC3)CC2)n2nc(C(F)(F)F)nc2n1. The lowest BCUT2D eigenvalue weighted by Crippen LogP contribution is -2.51. The summed E-state index contributed by atoms with van der Waals surface area (Å²) in [5.74, 6) is -0.501. The second-order valence-corrected chi connectivity index (χ2v) is 7.22. The summed E-state index contributed by atoms with van der Waals surface area (Å²) in [6.45, 7) is 5.17. The summed E-state index contributed by atoms with van der Waals surface area (Å²) >= 11 is 0. The molecule has 2 fully saturated rings. The number of fused-ring (bicyclic) bond motifs is 1. The van der Waals surface area contributed by atoms with Gasteiger partial charge in [0.25, 0.3) is 11.6 Å². The molecule has 2 aromatic rings. The van der Waals surface area contributed by atoms with E-state index in [0.717, 1.165) is 26.2 Å². The summed E-state index contributed by atoms with van der Waals surface area (Å²) in [7, 11) is 0. The number of alkyl halides is 3. The van der Waals surface area contributed by atoms with Gasteiger partial charge in [0.2, 0.25) is 0 Å². The van der Waals surface area contributed by atoms with Gasteiger partial charge in [0, 0.05) is 44.0 Å². The highest BCUT2D eigenvalue weighted by Gasteiger charge is 2.37. The molecule has 1 saturated carbocycles. The molecular weight excluding hydrogens is 345 g/mol. The number of hydrogen-bond acceptors (Lipinski definition) is 5. The van der Waals surface area contributed by atoms with Gasteiger partial charge < -0.3 is 4.90 Å². The van der Waals surface area contributed by atoms with Crippen molar-refractivity contribution in [2.45, 2.75) is 51.2 Å². The van der Waals surface area contributed by atoms with Crippen molar-refractivity contribution in [1.82, 2.24) is 24.5 Å². The van der Waals surface area contributed by atoms with E-state index >= 15 is 0 Å². The predicted octanol–water partition coefficient (Wildman–Crippen LogP) is 2.91. The minimum absolute atomic E-state index is 0.00188. The Morgan fingerprint density at radius 2 is 1.69 bits per heavy atom. The molecule has 0 atom stereocenters. The van der Waals surface area contributed by atoms with Crippen molar-refractivity contribution in [3.8, 4) is 0 Å². The molecule has 0 radical (unpaired) electrons. The molecule has 0 amide bonds. The Hall–Kier alpha value is -1.90. The van der Waals surface area contributed by atoms with E-state index in [4.69, 9.17) is 0 Å². The van der Waals surface area contributed by atoms with Gasteiger partial charge in [-0.1, -0.05) is 19.3 Å². The lowest BCUT2D eigenvalue weighted by Gasteiger charge is -2.41. The molecule has 0 bridgehead atoms. The van der Waals surface area contributed by atoms with Crippen molar-refractivity contribution in [2.24, 2.45) is 0 Å². The van der Waals surface area contributed by atoms with E-state index in [1.54, 1.807) is 13.0 Å². The van der Waals surface area contributed by atoms with Crippen molar-refractivity contribution < 1.29 is 13.2 Å². The number of nitrogens with zero attached hydrogens (tertiary/aromatic N) is 6. The number of aromatic nitrogens is 4. The summed E-state index contributed by atoms with van der Waals surface area (Å²) in [4.78, 5) is 12.3. The Morgan fingerprint density at radius 1 is 1.00 bits per heavy atom. The molecule has 1 aliphatic heterocycles. The molecule has 1 saturated heterocycles. The molecule has 1 aliphatic carbocycles. The van der Waals surface area contributed by atoms with Gasteiger partial charge in [-0.2, -0.15) is 22.7 Å². The molecule has 0 N–H and O–H groups in total. The zero-order valence-electron chi connectivity index (χ0n) is 14.8. The zero-order chi connectivity index (χ0) is 18.3. The van der Waals surface area contributed by atoms with Crippen LogP contribution in [0.5, 0.6) is 0 Å². The topological polar surface area (TPSA) is 49.6 Å². The summed E-state index contributed by atoms with van der Waals surface area (Å²) in [6.07, 6.45) is 1.88. The monoisotopic (exact) mass is 368 g/mol. The third kappa shape index (κ3) is 3.36. The smallest absolute Gasteiger partial charge is 0.354 e. The van der Waals surface area contributed by atoms with Crippen LogP contribution in [0.1, 0.15) is 43.6 Å². The normalized spacial score (nSPS) is 20.8. The Labute approximate surface area is 150 Å². The largest absolute Gasteiger partial charge is 0.453 e. The van der Waals surface area contributed by atoms with Crippen molar-refractivity contribution in [2.75, 3.05) is 31.1 Å². The summed E-state index contributed by atoms with van der Waals surface area (Å²) < 4.78 is 40.1. The average molecular weight is 368 g/mol.